The van der Waals surface area contributed by atoms with E-state index >= 15 is 0 Å². The Morgan fingerprint density at radius 3 is 2.73 bits per heavy atom. The summed E-state index contributed by atoms with van der Waals surface area (Å²) in [6.45, 7) is 3.47. The Balaban J connectivity index is 0.00000320. The van der Waals surface area contributed by atoms with E-state index < -0.39 is 0 Å². The van der Waals surface area contributed by atoms with Crippen molar-refractivity contribution in [1.29, 1.82) is 0 Å². The van der Waals surface area contributed by atoms with Crippen LogP contribution in [-0.2, 0) is 11.3 Å². The summed E-state index contributed by atoms with van der Waals surface area (Å²) >= 11 is 0. The van der Waals surface area contributed by atoms with Gasteiger partial charge in [0.2, 0.25) is 0 Å². The molecule has 1 saturated carbocycles. The fourth-order valence-electron chi connectivity index (χ4n) is 3.26. The van der Waals surface area contributed by atoms with Crippen molar-refractivity contribution in [3.05, 3.63) is 48.3 Å². The van der Waals surface area contributed by atoms with E-state index in [-0.39, 0.29) is 36.1 Å². The van der Waals surface area contributed by atoms with Gasteiger partial charge in [0, 0.05) is 38.9 Å². The molecule has 1 aliphatic rings. The number of nitrogens with zero attached hydrogens (tertiary/aromatic N) is 4. The molecule has 8 nitrogen and oxygen atoms in total. The van der Waals surface area contributed by atoms with Crippen LogP contribution >= 0.6 is 24.0 Å². The summed E-state index contributed by atoms with van der Waals surface area (Å²) in [7, 11) is 3.75. The van der Waals surface area contributed by atoms with Crippen molar-refractivity contribution in [3.8, 4) is 5.69 Å². The largest absolute Gasteiger partial charge is 0.450 e. The summed E-state index contributed by atoms with van der Waals surface area (Å²) in [5.41, 5.74) is 2.11. The highest BCUT2D eigenvalue weighted by molar-refractivity contribution is 14.0. The average Bonchev–Trinajstić information content (AvgIpc) is 3.47. The highest BCUT2D eigenvalue weighted by Crippen LogP contribution is 2.32. The fourth-order valence-corrected chi connectivity index (χ4v) is 3.26. The van der Waals surface area contributed by atoms with Gasteiger partial charge in [-0.15, -0.1) is 24.0 Å². The van der Waals surface area contributed by atoms with Crippen LogP contribution in [0.4, 0.5) is 4.79 Å². The zero-order valence-electron chi connectivity index (χ0n) is 17.7. The molecule has 0 spiro atoms. The van der Waals surface area contributed by atoms with E-state index in [0.717, 1.165) is 30.1 Å². The van der Waals surface area contributed by atoms with Crippen LogP contribution in [-0.4, -0.2) is 60.0 Å². The van der Waals surface area contributed by atoms with Crippen molar-refractivity contribution in [2.45, 2.75) is 32.4 Å². The van der Waals surface area contributed by atoms with E-state index in [1.165, 1.54) is 0 Å². The van der Waals surface area contributed by atoms with E-state index in [1.54, 1.807) is 14.0 Å². The molecule has 1 aromatic carbocycles. The third kappa shape index (κ3) is 6.89. The number of aromatic nitrogens is 2. The lowest BCUT2D eigenvalue weighted by molar-refractivity contribution is 0.146. The zero-order valence-corrected chi connectivity index (χ0v) is 20.1. The number of guanidine groups is 1. The van der Waals surface area contributed by atoms with E-state index in [1.807, 2.05) is 59.4 Å². The quantitative estimate of drug-likeness (QED) is 0.314. The Hall–Kier alpha value is -2.30. The van der Waals surface area contributed by atoms with Gasteiger partial charge >= 0.3 is 6.09 Å². The molecule has 0 aliphatic heterocycles. The highest BCUT2D eigenvalue weighted by Gasteiger charge is 2.32. The number of amides is 1. The molecule has 0 bridgehead atoms. The van der Waals surface area contributed by atoms with E-state index in [2.05, 4.69) is 20.7 Å². The molecule has 164 valence electrons. The zero-order chi connectivity index (χ0) is 20.6. The van der Waals surface area contributed by atoms with Crippen LogP contribution in [0.1, 0.15) is 25.3 Å². The number of aliphatic imine (C=N–C) groups is 1. The first-order valence-electron chi connectivity index (χ1n) is 10.0. The van der Waals surface area contributed by atoms with Gasteiger partial charge in [-0.25, -0.2) is 9.48 Å². The van der Waals surface area contributed by atoms with Gasteiger partial charge in [-0.2, -0.15) is 5.10 Å². The number of carbonyl (C=O) groups excluding carboxylic acids is 1. The molecule has 30 heavy (non-hydrogen) atoms. The van der Waals surface area contributed by atoms with Crippen molar-refractivity contribution >= 4 is 36.0 Å². The summed E-state index contributed by atoms with van der Waals surface area (Å²) in [6.07, 6.45) is 5.79. The molecule has 0 saturated heterocycles. The summed E-state index contributed by atoms with van der Waals surface area (Å²) in [6, 6.07) is 10.1. The lowest BCUT2D eigenvalue weighted by atomic mass is 10.2. The molecule has 1 atom stereocenters. The van der Waals surface area contributed by atoms with Crippen LogP contribution in [0.5, 0.6) is 0 Å². The summed E-state index contributed by atoms with van der Waals surface area (Å²) in [5, 5.41) is 10.8. The van der Waals surface area contributed by atoms with E-state index in [9.17, 15) is 4.79 Å². The highest BCUT2D eigenvalue weighted by atomic mass is 127. The standard InChI is InChI=1S/C21H30N6O2.HI/c1-4-29-21(28)25-19(17-10-11-17)13-23-20(22-2)26(3)14-16-12-24-27(15-16)18-8-6-5-7-9-18;/h5-9,12,15,17,19H,4,10-11,13-14H2,1-3H3,(H,22,23)(H,25,28);1H. The van der Waals surface area contributed by atoms with Crippen LogP contribution < -0.4 is 10.6 Å². The number of hydrogen-bond donors (Lipinski definition) is 2. The van der Waals surface area contributed by atoms with Crippen LogP contribution in [0.15, 0.2) is 47.7 Å². The lowest BCUT2D eigenvalue weighted by Gasteiger charge is -2.24. The fraction of sp³-hybridized carbons (Fsp3) is 0.476. The predicted molar refractivity (Wildman–Crippen MR) is 128 cm³/mol. The minimum Gasteiger partial charge on any atom is -0.450 e. The maximum atomic E-state index is 11.8. The first-order valence-corrected chi connectivity index (χ1v) is 10.0. The van der Waals surface area contributed by atoms with Crippen molar-refractivity contribution in [2.75, 3.05) is 27.2 Å². The number of rotatable bonds is 8. The molecule has 0 radical (unpaired) electrons. The van der Waals surface area contributed by atoms with Gasteiger partial charge in [-0.3, -0.25) is 4.99 Å². The smallest absolute Gasteiger partial charge is 0.407 e. The lowest BCUT2D eigenvalue weighted by Crippen LogP contribution is -2.48. The Labute approximate surface area is 195 Å². The third-order valence-electron chi connectivity index (χ3n) is 4.90. The Bertz CT molecular complexity index is 822. The molecule has 1 amide bonds. The second-order valence-electron chi connectivity index (χ2n) is 7.22. The Morgan fingerprint density at radius 1 is 1.37 bits per heavy atom. The minimum atomic E-state index is -0.358. The molecular formula is C21H31IN6O2. The topological polar surface area (TPSA) is 83.8 Å². The van der Waals surface area contributed by atoms with Crippen LogP contribution in [0.3, 0.4) is 0 Å². The van der Waals surface area contributed by atoms with Gasteiger partial charge < -0.3 is 20.3 Å². The minimum absolute atomic E-state index is 0. The van der Waals surface area contributed by atoms with Gasteiger partial charge in [0.1, 0.15) is 0 Å². The number of hydrogen-bond acceptors (Lipinski definition) is 4. The van der Waals surface area contributed by atoms with Gasteiger partial charge in [-0.1, -0.05) is 18.2 Å². The van der Waals surface area contributed by atoms with Crippen LogP contribution in [0.2, 0.25) is 0 Å². The average molecular weight is 526 g/mol. The van der Waals surface area contributed by atoms with Gasteiger partial charge in [0.25, 0.3) is 0 Å². The maximum Gasteiger partial charge on any atom is 0.407 e. The Kier molecular flexibility index (Phi) is 9.41. The van der Waals surface area contributed by atoms with Gasteiger partial charge in [0.15, 0.2) is 5.96 Å². The Morgan fingerprint density at radius 2 is 2.10 bits per heavy atom. The molecule has 1 aliphatic carbocycles. The van der Waals surface area contributed by atoms with Crippen molar-refractivity contribution in [2.24, 2.45) is 10.9 Å². The monoisotopic (exact) mass is 526 g/mol. The first-order chi connectivity index (χ1) is 14.1. The molecule has 1 heterocycles. The van der Waals surface area contributed by atoms with Gasteiger partial charge in [0.05, 0.1) is 24.5 Å². The molecule has 2 N–H and O–H groups in total. The number of para-hydroxylation sites is 1. The number of halogens is 1. The normalized spacial score (nSPS) is 14.4. The molecule has 1 unspecified atom stereocenters. The second-order valence-corrected chi connectivity index (χ2v) is 7.22. The SMILES string of the molecule is CCOC(=O)NC(CNC(=NC)N(C)Cc1cnn(-c2ccccc2)c1)C1CC1.I. The molecule has 1 fully saturated rings. The molecule has 3 rings (SSSR count). The maximum absolute atomic E-state index is 11.8. The summed E-state index contributed by atoms with van der Waals surface area (Å²) in [4.78, 5) is 18.2. The molecule has 9 heteroatoms. The van der Waals surface area contributed by atoms with Crippen LogP contribution in [0, 0.1) is 5.92 Å². The number of carbonyl (C=O) groups is 1. The summed E-state index contributed by atoms with van der Waals surface area (Å²) < 4.78 is 6.89. The second kappa shape index (κ2) is 11.8. The molecule has 2 aromatic rings. The number of benzene rings is 1. The van der Waals surface area contributed by atoms with Crippen molar-refractivity contribution in [1.82, 2.24) is 25.3 Å². The van der Waals surface area contributed by atoms with Gasteiger partial charge in [-0.05, 0) is 37.8 Å². The van der Waals surface area contributed by atoms with Crippen LogP contribution in [0.25, 0.3) is 5.69 Å². The number of ether oxygens (including phenoxy) is 1. The molecule has 1 aromatic heterocycles. The third-order valence-corrected chi connectivity index (χ3v) is 4.90. The van der Waals surface area contributed by atoms with E-state index in [4.69, 9.17) is 4.74 Å². The van der Waals surface area contributed by atoms with Crippen molar-refractivity contribution in [3.63, 3.8) is 0 Å². The number of nitrogens with one attached hydrogen (secondary N) is 2. The molecular weight excluding hydrogens is 495 g/mol. The number of alkyl carbamates (subject to hydrolysis) is 1. The van der Waals surface area contributed by atoms with Crippen molar-refractivity contribution < 1.29 is 9.53 Å². The van der Waals surface area contributed by atoms with E-state index in [0.29, 0.717) is 25.6 Å². The summed E-state index contributed by atoms with van der Waals surface area (Å²) in [5.74, 6) is 1.27. The first kappa shape index (κ1) is 24.0. The predicted octanol–water partition coefficient (Wildman–Crippen LogP) is 3.02.